The van der Waals surface area contributed by atoms with E-state index in [4.69, 9.17) is 4.74 Å². The lowest BCUT2D eigenvalue weighted by molar-refractivity contribution is -0.0308. The molecule has 82 valence electrons. The van der Waals surface area contributed by atoms with Crippen LogP contribution < -0.4 is 0 Å². The highest BCUT2D eigenvalue weighted by Crippen LogP contribution is 2.28. The lowest BCUT2D eigenvalue weighted by Gasteiger charge is -2.29. The van der Waals surface area contributed by atoms with Crippen LogP contribution in [0.3, 0.4) is 0 Å². The number of rotatable bonds is 2. The van der Waals surface area contributed by atoms with Crippen molar-refractivity contribution in [1.82, 2.24) is 0 Å². The molecule has 1 atom stereocenters. The number of ether oxygens (including phenoxy) is 1. The third kappa shape index (κ3) is 3.02. The molecular weight excluding hydrogens is 259 g/mol. The summed E-state index contributed by atoms with van der Waals surface area (Å²) in [5.41, 5.74) is -0.142. The first-order valence-electron chi connectivity index (χ1n) is 5.19. The predicted octanol–water partition coefficient (Wildman–Crippen LogP) is 3.51. The maximum atomic E-state index is 14.2. The molecule has 0 amide bonds. The molecule has 0 spiro atoms. The van der Waals surface area contributed by atoms with Gasteiger partial charge in [0.05, 0.1) is 6.61 Å². The molecule has 3 heteroatoms. The fraction of sp³-hybridized carbons (Fsp3) is 0.500. The van der Waals surface area contributed by atoms with Crippen molar-refractivity contribution in [2.45, 2.75) is 24.9 Å². The Labute approximate surface area is 97.8 Å². The van der Waals surface area contributed by atoms with Crippen LogP contribution in [0.15, 0.2) is 28.7 Å². The average Bonchev–Trinajstić information content (AvgIpc) is 2.18. The van der Waals surface area contributed by atoms with Crippen LogP contribution in [0.2, 0.25) is 0 Å². The molecule has 0 saturated carbocycles. The van der Waals surface area contributed by atoms with Gasteiger partial charge in [0, 0.05) is 17.5 Å². The van der Waals surface area contributed by atoms with E-state index in [-0.39, 0.29) is 6.61 Å². The number of alkyl halides is 1. The molecule has 1 aromatic carbocycles. The first-order chi connectivity index (χ1) is 7.18. The van der Waals surface area contributed by atoms with Crippen LogP contribution in [0, 0.1) is 0 Å². The molecular formula is C12H14BrFO. The van der Waals surface area contributed by atoms with E-state index in [2.05, 4.69) is 15.9 Å². The molecule has 1 heterocycles. The van der Waals surface area contributed by atoms with E-state index in [0.29, 0.717) is 19.4 Å². The molecule has 0 aromatic heterocycles. The van der Waals surface area contributed by atoms with Gasteiger partial charge in [0.1, 0.15) is 5.67 Å². The Morgan fingerprint density at radius 2 is 2.33 bits per heavy atom. The van der Waals surface area contributed by atoms with Crippen LogP contribution in [0.4, 0.5) is 4.39 Å². The van der Waals surface area contributed by atoms with E-state index in [1.807, 2.05) is 24.3 Å². The smallest absolute Gasteiger partial charge is 0.138 e. The van der Waals surface area contributed by atoms with Crippen molar-refractivity contribution >= 4 is 15.9 Å². The Kier molecular flexibility index (Phi) is 3.42. The summed E-state index contributed by atoms with van der Waals surface area (Å²) in [6.07, 6.45) is 1.89. The summed E-state index contributed by atoms with van der Waals surface area (Å²) >= 11 is 3.39. The van der Waals surface area contributed by atoms with Gasteiger partial charge in [-0.1, -0.05) is 28.1 Å². The molecule has 1 unspecified atom stereocenters. The fourth-order valence-electron chi connectivity index (χ4n) is 1.97. The van der Waals surface area contributed by atoms with E-state index < -0.39 is 5.67 Å². The molecule has 1 aromatic rings. The number of hydrogen-bond donors (Lipinski definition) is 0. The Morgan fingerprint density at radius 1 is 1.47 bits per heavy atom. The zero-order chi connectivity index (χ0) is 10.7. The molecule has 0 aliphatic carbocycles. The Hall–Kier alpha value is -0.410. The lowest BCUT2D eigenvalue weighted by atomic mass is 9.91. The third-order valence-corrected chi connectivity index (χ3v) is 3.18. The molecule has 2 rings (SSSR count). The van der Waals surface area contributed by atoms with Crippen LogP contribution in [-0.2, 0) is 11.2 Å². The first kappa shape index (κ1) is 11.1. The normalized spacial score (nSPS) is 26.5. The van der Waals surface area contributed by atoms with Crippen LogP contribution in [0.25, 0.3) is 0 Å². The average molecular weight is 273 g/mol. The quantitative estimate of drug-likeness (QED) is 0.801. The summed E-state index contributed by atoms with van der Waals surface area (Å²) in [6.45, 7) is 0.934. The van der Waals surface area contributed by atoms with Crippen LogP contribution in [0.1, 0.15) is 18.4 Å². The first-order valence-corrected chi connectivity index (χ1v) is 5.98. The standard InChI is InChI=1S/C12H14BrFO/c13-11-4-1-3-10(7-11)8-12(14)5-2-6-15-9-12/h1,3-4,7H,2,5-6,8-9H2. The van der Waals surface area contributed by atoms with Gasteiger partial charge >= 0.3 is 0 Å². The zero-order valence-corrected chi connectivity index (χ0v) is 10.1. The molecule has 15 heavy (non-hydrogen) atoms. The van der Waals surface area contributed by atoms with Gasteiger partial charge in [-0.3, -0.25) is 0 Å². The van der Waals surface area contributed by atoms with Gasteiger partial charge in [-0.15, -0.1) is 0 Å². The summed E-state index contributed by atoms with van der Waals surface area (Å²) < 4.78 is 20.5. The minimum Gasteiger partial charge on any atom is -0.378 e. The summed E-state index contributed by atoms with van der Waals surface area (Å²) in [4.78, 5) is 0. The van der Waals surface area contributed by atoms with Crippen LogP contribution in [0.5, 0.6) is 0 Å². The molecule has 1 aliphatic heterocycles. The summed E-state index contributed by atoms with van der Waals surface area (Å²) in [6, 6.07) is 7.81. The fourth-order valence-corrected chi connectivity index (χ4v) is 2.42. The number of hydrogen-bond acceptors (Lipinski definition) is 1. The molecule has 1 fully saturated rings. The molecule has 1 nitrogen and oxygen atoms in total. The molecule has 0 bridgehead atoms. The Balaban J connectivity index is 2.06. The largest absolute Gasteiger partial charge is 0.378 e. The van der Waals surface area contributed by atoms with Crippen molar-refractivity contribution < 1.29 is 9.13 Å². The molecule has 1 aliphatic rings. The predicted molar refractivity (Wildman–Crippen MR) is 61.7 cm³/mol. The zero-order valence-electron chi connectivity index (χ0n) is 8.51. The van der Waals surface area contributed by atoms with E-state index in [1.165, 1.54) is 0 Å². The monoisotopic (exact) mass is 272 g/mol. The highest BCUT2D eigenvalue weighted by molar-refractivity contribution is 9.10. The second-order valence-corrected chi connectivity index (χ2v) is 5.03. The van der Waals surface area contributed by atoms with Gasteiger partial charge in [0.25, 0.3) is 0 Å². The highest BCUT2D eigenvalue weighted by Gasteiger charge is 2.32. The van der Waals surface area contributed by atoms with Crippen LogP contribution in [-0.4, -0.2) is 18.9 Å². The Bertz CT molecular complexity index is 334. The van der Waals surface area contributed by atoms with Crippen molar-refractivity contribution in [3.63, 3.8) is 0 Å². The second kappa shape index (κ2) is 4.62. The summed E-state index contributed by atoms with van der Waals surface area (Å²) in [5, 5.41) is 0. The maximum Gasteiger partial charge on any atom is 0.138 e. The van der Waals surface area contributed by atoms with E-state index in [1.54, 1.807) is 0 Å². The van der Waals surface area contributed by atoms with Gasteiger partial charge in [-0.05, 0) is 30.5 Å². The minimum atomic E-state index is -1.17. The van der Waals surface area contributed by atoms with Crippen LogP contribution >= 0.6 is 15.9 Å². The highest BCUT2D eigenvalue weighted by atomic mass is 79.9. The van der Waals surface area contributed by atoms with Gasteiger partial charge < -0.3 is 4.74 Å². The molecule has 0 N–H and O–H groups in total. The van der Waals surface area contributed by atoms with Crippen molar-refractivity contribution in [3.05, 3.63) is 34.3 Å². The second-order valence-electron chi connectivity index (χ2n) is 4.11. The Morgan fingerprint density at radius 3 is 3.00 bits per heavy atom. The minimum absolute atomic E-state index is 0.236. The van der Waals surface area contributed by atoms with Crippen molar-refractivity contribution in [2.24, 2.45) is 0 Å². The van der Waals surface area contributed by atoms with Crippen molar-refractivity contribution in [3.8, 4) is 0 Å². The summed E-state index contributed by atoms with van der Waals surface area (Å²) in [7, 11) is 0. The van der Waals surface area contributed by atoms with Crippen molar-refractivity contribution in [1.29, 1.82) is 0 Å². The van der Waals surface area contributed by atoms with Gasteiger partial charge in [0.15, 0.2) is 0 Å². The van der Waals surface area contributed by atoms with Crippen molar-refractivity contribution in [2.75, 3.05) is 13.2 Å². The van der Waals surface area contributed by atoms with E-state index in [9.17, 15) is 4.39 Å². The maximum absolute atomic E-state index is 14.2. The number of halogens is 2. The van der Waals surface area contributed by atoms with Gasteiger partial charge in [-0.25, -0.2) is 4.39 Å². The molecule has 1 saturated heterocycles. The van der Waals surface area contributed by atoms with E-state index >= 15 is 0 Å². The lowest BCUT2D eigenvalue weighted by Crippen LogP contribution is -2.36. The number of benzene rings is 1. The summed E-state index contributed by atoms with van der Waals surface area (Å²) in [5.74, 6) is 0. The SMILES string of the molecule is FC1(Cc2cccc(Br)c2)CCCOC1. The molecule has 0 radical (unpaired) electrons. The topological polar surface area (TPSA) is 9.23 Å². The van der Waals surface area contributed by atoms with Gasteiger partial charge in [0.2, 0.25) is 0 Å². The van der Waals surface area contributed by atoms with E-state index in [0.717, 1.165) is 16.5 Å². The third-order valence-electron chi connectivity index (χ3n) is 2.68. The van der Waals surface area contributed by atoms with Gasteiger partial charge in [-0.2, -0.15) is 0 Å².